The fraction of sp³-hybridized carbons (Fsp3) is 0.190. The van der Waals surface area contributed by atoms with Gasteiger partial charge in [-0.15, -0.1) is 10.2 Å². The average molecular weight is 360 g/mol. The van der Waals surface area contributed by atoms with Gasteiger partial charge >= 0.3 is 0 Å². The molecule has 1 saturated carbocycles. The Morgan fingerprint density at radius 3 is 2.78 bits per heavy atom. The molecule has 2 aliphatic carbocycles. The lowest BCUT2D eigenvalue weighted by Gasteiger charge is -2.12. The van der Waals surface area contributed by atoms with Gasteiger partial charge in [-0.1, -0.05) is 18.2 Å². The molecule has 6 heteroatoms. The minimum absolute atomic E-state index is 0.228. The van der Waals surface area contributed by atoms with Gasteiger partial charge in [0.25, 0.3) is 5.91 Å². The Hall–Kier alpha value is -3.28. The Bertz CT molecular complexity index is 1150. The van der Waals surface area contributed by atoms with E-state index in [1.807, 2.05) is 41.0 Å². The van der Waals surface area contributed by atoms with E-state index in [-0.39, 0.29) is 17.8 Å². The third kappa shape index (κ3) is 2.73. The summed E-state index contributed by atoms with van der Waals surface area (Å²) in [5, 5.41) is 11.4. The molecule has 0 spiro atoms. The van der Waals surface area contributed by atoms with E-state index in [1.165, 1.54) is 6.07 Å². The van der Waals surface area contributed by atoms with Gasteiger partial charge in [0.1, 0.15) is 5.82 Å². The van der Waals surface area contributed by atoms with E-state index in [0.29, 0.717) is 22.3 Å². The molecule has 0 radical (unpaired) electrons. The number of amides is 1. The number of benzene rings is 1. The van der Waals surface area contributed by atoms with Gasteiger partial charge in [-0.2, -0.15) is 0 Å². The number of fused-ring (bicyclic) bond motifs is 1. The number of nitrogens with one attached hydrogen (secondary N) is 1. The van der Waals surface area contributed by atoms with Gasteiger partial charge in [-0.25, -0.2) is 4.39 Å². The van der Waals surface area contributed by atoms with Crippen LogP contribution in [0.4, 0.5) is 4.39 Å². The molecule has 0 aliphatic heterocycles. The number of aromatic nitrogens is 3. The summed E-state index contributed by atoms with van der Waals surface area (Å²) < 4.78 is 16.4. The lowest BCUT2D eigenvalue weighted by molar-refractivity contribution is 0.0950. The highest BCUT2D eigenvalue weighted by Gasteiger charge is 2.24. The van der Waals surface area contributed by atoms with Crippen LogP contribution >= 0.6 is 0 Å². The first-order valence-electron chi connectivity index (χ1n) is 8.95. The fourth-order valence-corrected chi connectivity index (χ4v) is 3.20. The Kier molecular flexibility index (Phi) is 3.47. The first-order chi connectivity index (χ1) is 13.1. The molecular formula is C21H17FN4O. The van der Waals surface area contributed by atoms with Crippen LogP contribution in [-0.4, -0.2) is 26.5 Å². The summed E-state index contributed by atoms with van der Waals surface area (Å²) in [5.74, 6) is 0.159. The minimum atomic E-state index is -0.389. The van der Waals surface area contributed by atoms with Crippen molar-refractivity contribution in [1.82, 2.24) is 19.9 Å². The molecule has 1 N–H and O–H groups in total. The standard InChI is InChI=1S/C21H17FN4O/c1-12-17(9-15(10-18(12)22)21(27)23-16-5-6-16)14-7-8-26-19(11-14)24-25-20(26)13-3-2-4-13/h2-4,7-11,16H,5-6H2,1H3,(H,23,27). The second kappa shape index (κ2) is 5.87. The summed E-state index contributed by atoms with van der Waals surface area (Å²) >= 11 is 0. The molecule has 0 saturated heterocycles. The molecule has 5 rings (SSSR count). The summed E-state index contributed by atoms with van der Waals surface area (Å²) in [7, 11) is 0. The van der Waals surface area contributed by atoms with Crippen molar-refractivity contribution in [2.75, 3.05) is 0 Å². The zero-order chi connectivity index (χ0) is 18.5. The van der Waals surface area contributed by atoms with Crippen molar-refractivity contribution in [3.8, 4) is 11.1 Å². The highest BCUT2D eigenvalue weighted by Crippen LogP contribution is 2.29. The average Bonchev–Trinajstić information content (AvgIpc) is 3.34. The lowest BCUT2D eigenvalue weighted by atomic mass is 9.97. The Morgan fingerprint density at radius 2 is 2.07 bits per heavy atom. The largest absolute Gasteiger partial charge is 0.349 e. The predicted octanol–water partition coefficient (Wildman–Crippen LogP) is 3.69. The second-order valence-electron chi connectivity index (χ2n) is 7.03. The first-order valence-corrected chi connectivity index (χ1v) is 8.95. The normalized spacial score (nSPS) is 15.6. The van der Waals surface area contributed by atoms with Crippen LogP contribution in [0.2, 0.25) is 0 Å². The molecule has 3 aromatic rings. The van der Waals surface area contributed by atoms with E-state index in [1.54, 1.807) is 13.0 Å². The van der Waals surface area contributed by atoms with Gasteiger partial charge in [-0.05, 0) is 60.7 Å². The smallest absolute Gasteiger partial charge is 0.251 e. The van der Waals surface area contributed by atoms with E-state index in [0.717, 1.165) is 29.8 Å². The molecule has 0 atom stereocenters. The maximum Gasteiger partial charge on any atom is 0.251 e. The number of carbonyl (C=O) groups excluding carboxylic acids is 1. The van der Waals surface area contributed by atoms with Crippen molar-refractivity contribution >= 4 is 17.1 Å². The van der Waals surface area contributed by atoms with E-state index >= 15 is 0 Å². The third-order valence-corrected chi connectivity index (χ3v) is 5.05. The van der Waals surface area contributed by atoms with Gasteiger partial charge in [0.05, 0.1) is 0 Å². The van der Waals surface area contributed by atoms with E-state index in [9.17, 15) is 9.18 Å². The Morgan fingerprint density at radius 1 is 1.26 bits per heavy atom. The van der Waals surface area contributed by atoms with Crippen LogP contribution in [0.25, 0.3) is 22.3 Å². The molecular weight excluding hydrogens is 343 g/mol. The fourth-order valence-electron chi connectivity index (χ4n) is 3.20. The van der Waals surface area contributed by atoms with E-state index < -0.39 is 0 Å². The Balaban J connectivity index is 1.56. The van der Waals surface area contributed by atoms with Crippen LogP contribution in [0.3, 0.4) is 0 Å². The van der Waals surface area contributed by atoms with Crippen molar-refractivity contribution in [2.24, 2.45) is 0 Å². The van der Waals surface area contributed by atoms with Crippen molar-refractivity contribution in [1.29, 1.82) is 0 Å². The number of pyridine rings is 1. The van der Waals surface area contributed by atoms with Crippen molar-refractivity contribution in [3.63, 3.8) is 0 Å². The van der Waals surface area contributed by atoms with Crippen molar-refractivity contribution < 1.29 is 9.18 Å². The molecule has 2 aliphatic rings. The number of nitrogens with zero attached hydrogens (tertiary/aromatic N) is 3. The zero-order valence-corrected chi connectivity index (χ0v) is 14.7. The summed E-state index contributed by atoms with van der Waals surface area (Å²) in [6, 6.07) is 7.04. The van der Waals surface area contributed by atoms with Crippen LogP contribution in [0.15, 0.2) is 48.7 Å². The van der Waals surface area contributed by atoms with E-state index in [2.05, 4.69) is 15.5 Å². The topological polar surface area (TPSA) is 59.3 Å². The first kappa shape index (κ1) is 15.9. The molecule has 27 heavy (non-hydrogen) atoms. The van der Waals surface area contributed by atoms with Crippen molar-refractivity contribution in [2.45, 2.75) is 25.8 Å². The summed E-state index contributed by atoms with van der Waals surface area (Å²) in [6.07, 6.45) is 9.77. The van der Waals surface area contributed by atoms with Crippen LogP contribution in [0.1, 0.15) is 34.6 Å². The molecule has 134 valence electrons. The van der Waals surface area contributed by atoms with E-state index in [4.69, 9.17) is 0 Å². The molecule has 5 nitrogen and oxygen atoms in total. The summed E-state index contributed by atoms with van der Waals surface area (Å²) in [4.78, 5) is 12.4. The second-order valence-corrected chi connectivity index (χ2v) is 7.03. The highest BCUT2D eigenvalue weighted by atomic mass is 19.1. The monoisotopic (exact) mass is 360 g/mol. The molecule has 2 heterocycles. The number of rotatable bonds is 4. The lowest BCUT2D eigenvalue weighted by Crippen LogP contribution is -2.25. The zero-order valence-electron chi connectivity index (χ0n) is 14.7. The number of carbonyl (C=O) groups is 1. The molecule has 1 amide bonds. The molecule has 0 unspecified atom stereocenters. The highest BCUT2D eigenvalue weighted by molar-refractivity contribution is 5.96. The minimum Gasteiger partial charge on any atom is -0.349 e. The van der Waals surface area contributed by atoms with Crippen LogP contribution in [-0.2, 0) is 0 Å². The van der Waals surface area contributed by atoms with Gasteiger partial charge in [-0.3, -0.25) is 9.20 Å². The third-order valence-electron chi connectivity index (χ3n) is 5.05. The van der Waals surface area contributed by atoms with Gasteiger partial charge in [0, 0.05) is 23.4 Å². The van der Waals surface area contributed by atoms with Crippen LogP contribution in [0, 0.1) is 12.7 Å². The van der Waals surface area contributed by atoms with Gasteiger partial charge in [0.15, 0.2) is 11.5 Å². The number of allylic oxidation sites excluding steroid dienone is 4. The quantitative estimate of drug-likeness (QED) is 0.772. The maximum atomic E-state index is 14.5. The van der Waals surface area contributed by atoms with Crippen LogP contribution in [0.5, 0.6) is 0 Å². The number of halogens is 1. The van der Waals surface area contributed by atoms with Gasteiger partial charge < -0.3 is 5.32 Å². The molecule has 1 fully saturated rings. The predicted molar refractivity (Wildman–Crippen MR) is 101 cm³/mol. The Labute approximate surface area is 155 Å². The maximum absolute atomic E-state index is 14.5. The number of hydrogen-bond acceptors (Lipinski definition) is 3. The molecule has 1 aromatic carbocycles. The molecule has 2 aromatic heterocycles. The van der Waals surface area contributed by atoms with Gasteiger partial charge in [0.2, 0.25) is 0 Å². The molecule has 0 bridgehead atoms. The SMILES string of the molecule is Cc1c(F)cc(C(=O)NC2CC2)cc1-c1ccn2c(C3=CC=C3)nnc2c1. The number of hydrogen-bond donors (Lipinski definition) is 1. The summed E-state index contributed by atoms with van der Waals surface area (Å²) in [6.45, 7) is 1.72. The van der Waals surface area contributed by atoms with Crippen LogP contribution < -0.4 is 5.32 Å². The van der Waals surface area contributed by atoms with Crippen molar-refractivity contribution in [3.05, 3.63) is 71.5 Å². The summed E-state index contributed by atoms with van der Waals surface area (Å²) in [5.41, 5.74) is 4.04.